The van der Waals surface area contributed by atoms with Crippen molar-refractivity contribution in [1.29, 1.82) is 0 Å². The second kappa shape index (κ2) is 9.96. The molecule has 6 heterocycles. The SMILES string of the molecule is CCn1c(-c2nonc2N)nc2cncc(C(=O)O)c21.CCn1c(-c2nonc2N)nc2cncc(C=O)c21. The van der Waals surface area contributed by atoms with E-state index < -0.39 is 5.97 Å². The van der Waals surface area contributed by atoms with Crippen LogP contribution in [0.3, 0.4) is 0 Å². The first kappa shape index (κ1) is 24.9. The van der Waals surface area contributed by atoms with Gasteiger partial charge in [0.2, 0.25) is 0 Å². The number of aromatic carboxylic acids is 1. The summed E-state index contributed by atoms with van der Waals surface area (Å²) in [5, 5.41) is 23.7. The Morgan fingerprint density at radius 1 is 0.846 bits per heavy atom. The predicted octanol–water partition coefficient (Wildman–Crippen LogP) is 1.68. The molecule has 17 nitrogen and oxygen atoms in total. The van der Waals surface area contributed by atoms with Gasteiger partial charge >= 0.3 is 5.97 Å². The highest BCUT2D eigenvalue weighted by Gasteiger charge is 2.22. The quantitative estimate of drug-likeness (QED) is 0.258. The molecule has 17 heteroatoms. The molecule has 6 aromatic rings. The molecular weight excluding hydrogens is 512 g/mol. The number of pyridine rings is 2. The monoisotopic (exact) mass is 532 g/mol. The number of aryl methyl sites for hydroxylation is 2. The first-order chi connectivity index (χ1) is 18.9. The molecule has 0 bridgehead atoms. The molecule has 5 N–H and O–H groups in total. The summed E-state index contributed by atoms with van der Waals surface area (Å²) >= 11 is 0. The van der Waals surface area contributed by atoms with Gasteiger partial charge in [-0.1, -0.05) is 0 Å². The zero-order chi connectivity index (χ0) is 27.7. The van der Waals surface area contributed by atoms with E-state index in [-0.39, 0.29) is 22.9 Å². The summed E-state index contributed by atoms with van der Waals surface area (Å²) in [4.78, 5) is 39.0. The van der Waals surface area contributed by atoms with Crippen LogP contribution in [0, 0.1) is 0 Å². The molecule has 0 atom stereocenters. The van der Waals surface area contributed by atoms with Crippen molar-refractivity contribution in [2.45, 2.75) is 26.9 Å². The van der Waals surface area contributed by atoms with Crippen LogP contribution in [0.15, 0.2) is 34.0 Å². The molecule has 6 rings (SSSR count). The number of hydrogen-bond donors (Lipinski definition) is 3. The van der Waals surface area contributed by atoms with E-state index in [1.807, 2.05) is 18.4 Å². The van der Waals surface area contributed by atoms with E-state index in [0.717, 1.165) is 6.29 Å². The van der Waals surface area contributed by atoms with E-state index >= 15 is 0 Å². The van der Waals surface area contributed by atoms with Gasteiger partial charge in [0, 0.05) is 25.5 Å². The van der Waals surface area contributed by atoms with Gasteiger partial charge in [-0.15, -0.1) is 0 Å². The van der Waals surface area contributed by atoms with Gasteiger partial charge in [0.15, 0.2) is 41.0 Å². The molecule has 0 aliphatic heterocycles. The normalized spacial score (nSPS) is 11.0. The minimum absolute atomic E-state index is 0.0677. The zero-order valence-corrected chi connectivity index (χ0v) is 20.5. The summed E-state index contributed by atoms with van der Waals surface area (Å²) in [5.74, 6) is 0.0880. The fraction of sp³-hybridized carbons (Fsp3) is 0.182. The Bertz CT molecular complexity index is 1830. The number of aldehydes is 1. The lowest BCUT2D eigenvalue weighted by Gasteiger charge is -2.05. The molecule has 0 amide bonds. The smallest absolute Gasteiger partial charge is 0.339 e. The van der Waals surface area contributed by atoms with Gasteiger partial charge in [0.25, 0.3) is 0 Å². The Kier molecular flexibility index (Phi) is 6.37. The van der Waals surface area contributed by atoms with E-state index in [0.29, 0.717) is 58.1 Å². The van der Waals surface area contributed by atoms with Crippen LogP contribution < -0.4 is 11.5 Å². The van der Waals surface area contributed by atoms with Crippen molar-refractivity contribution < 1.29 is 24.0 Å². The van der Waals surface area contributed by atoms with Gasteiger partial charge in [-0.3, -0.25) is 14.8 Å². The minimum Gasteiger partial charge on any atom is -0.478 e. The lowest BCUT2D eigenvalue weighted by atomic mass is 10.2. The first-order valence-corrected chi connectivity index (χ1v) is 11.4. The van der Waals surface area contributed by atoms with Crippen LogP contribution in [-0.2, 0) is 13.1 Å². The number of nitrogens with two attached hydrogens (primary N) is 2. The van der Waals surface area contributed by atoms with Crippen molar-refractivity contribution in [3.05, 3.63) is 35.9 Å². The first-order valence-electron chi connectivity index (χ1n) is 11.4. The average Bonchev–Trinajstić information content (AvgIpc) is 3.72. The van der Waals surface area contributed by atoms with E-state index in [1.54, 1.807) is 10.8 Å². The molecule has 198 valence electrons. The van der Waals surface area contributed by atoms with Gasteiger partial charge < -0.3 is 25.7 Å². The van der Waals surface area contributed by atoms with Crippen molar-refractivity contribution in [2.75, 3.05) is 11.5 Å². The van der Waals surface area contributed by atoms with E-state index in [1.165, 1.54) is 18.6 Å². The van der Waals surface area contributed by atoms with Crippen LogP contribution in [0.4, 0.5) is 11.6 Å². The second-order valence-electron chi connectivity index (χ2n) is 7.93. The molecule has 0 saturated heterocycles. The number of carbonyl (C=O) groups excluding carboxylic acids is 1. The molecule has 0 unspecified atom stereocenters. The summed E-state index contributed by atoms with van der Waals surface area (Å²) < 4.78 is 12.7. The minimum atomic E-state index is -1.07. The molecule has 0 radical (unpaired) electrons. The molecular formula is C22H20N12O5. The average molecular weight is 532 g/mol. The zero-order valence-electron chi connectivity index (χ0n) is 20.5. The number of imidazole rings is 2. The maximum atomic E-state index is 11.3. The van der Waals surface area contributed by atoms with E-state index in [2.05, 4.69) is 49.8 Å². The van der Waals surface area contributed by atoms with Crippen molar-refractivity contribution in [2.24, 2.45) is 0 Å². The number of fused-ring (bicyclic) bond motifs is 2. The number of nitrogen functional groups attached to an aromatic ring is 2. The second-order valence-corrected chi connectivity index (χ2v) is 7.93. The highest BCUT2D eigenvalue weighted by molar-refractivity contribution is 6.01. The molecule has 6 aromatic heterocycles. The lowest BCUT2D eigenvalue weighted by molar-refractivity contribution is 0.0698. The maximum absolute atomic E-state index is 11.3. The third kappa shape index (κ3) is 4.16. The number of aromatic nitrogens is 10. The fourth-order valence-corrected chi connectivity index (χ4v) is 4.12. The van der Waals surface area contributed by atoms with Crippen LogP contribution in [0.1, 0.15) is 34.6 Å². The van der Waals surface area contributed by atoms with Gasteiger partial charge in [0.05, 0.1) is 29.0 Å². The molecule has 0 aliphatic rings. The van der Waals surface area contributed by atoms with Crippen LogP contribution in [0.2, 0.25) is 0 Å². The Hall–Kier alpha value is -5.74. The molecule has 0 aromatic carbocycles. The standard InChI is InChI=1S/C11H10N6O3.C11H10N6O2/c1-2-17-8-5(11(18)19)3-13-4-6(8)14-10(17)7-9(12)16-20-15-7;1-2-17-9-6(5-18)3-13-4-7(9)14-11(17)8-10(12)16-19-15-8/h3-4H,2H2,1H3,(H2,12,16)(H,18,19);3-5H,2H2,1H3,(H2,12,16). The Morgan fingerprint density at radius 3 is 1.82 bits per heavy atom. The maximum Gasteiger partial charge on any atom is 0.339 e. The molecule has 39 heavy (non-hydrogen) atoms. The number of hydrogen-bond acceptors (Lipinski definition) is 14. The third-order valence-corrected chi connectivity index (χ3v) is 5.77. The number of rotatable bonds is 6. The highest BCUT2D eigenvalue weighted by Crippen LogP contribution is 2.29. The summed E-state index contributed by atoms with van der Waals surface area (Å²) in [6.07, 6.45) is 6.60. The van der Waals surface area contributed by atoms with Crippen molar-refractivity contribution in [3.8, 4) is 23.0 Å². The van der Waals surface area contributed by atoms with Crippen molar-refractivity contribution >= 4 is 46.0 Å². The number of anilines is 2. The van der Waals surface area contributed by atoms with Gasteiger partial charge in [-0.25, -0.2) is 24.0 Å². The van der Waals surface area contributed by atoms with Crippen LogP contribution >= 0.6 is 0 Å². The Balaban J connectivity index is 0.000000158. The fourth-order valence-electron chi connectivity index (χ4n) is 4.12. The number of carboxylic acid groups (broad SMARTS) is 1. The number of carboxylic acids is 1. The molecule has 0 saturated carbocycles. The van der Waals surface area contributed by atoms with Gasteiger partial charge in [0.1, 0.15) is 16.6 Å². The predicted molar refractivity (Wildman–Crippen MR) is 134 cm³/mol. The topological polar surface area (TPSA) is 246 Å². The largest absolute Gasteiger partial charge is 0.478 e. The molecule has 0 spiro atoms. The summed E-state index contributed by atoms with van der Waals surface area (Å²) in [7, 11) is 0. The highest BCUT2D eigenvalue weighted by atomic mass is 16.6. The van der Waals surface area contributed by atoms with Crippen molar-refractivity contribution in [3.63, 3.8) is 0 Å². The van der Waals surface area contributed by atoms with Crippen LogP contribution in [0.5, 0.6) is 0 Å². The van der Waals surface area contributed by atoms with E-state index in [4.69, 9.17) is 11.5 Å². The van der Waals surface area contributed by atoms with Crippen LogP contribution in [-0.4, -0.2) is 67.1 Å². The Morgan fingerprint density at radius 2 is 1.36 bits per heavy atom. The van der Waals surface area contributed by atoms with Gasteiger partial charge in [-0.2, -0.15) is 0 Å². The van der Waals surface area contributed by atoms with Gasteiger partial charge in [-0.05, 0) is 34.5 Å². The number of nitrogens with zero attached hydrogens (tertiary/aromatic N) is 10. The lowest BCUT2D eigenvalue weighted by Crippen LogP contribution is -2.05. The van der Waals surface area contributed by atoms with Crippen LogP contribution in [0.25, 0.3) is 45.1 Å². The third-order valence-electron chi connectivity index (χ3n) is 5.77. The summed E-state index contributed by atoms with van der Waals surface area (Å²) in [5.41, 5.74) is 14.7. The molecule has 0 aliphatic carbocycles. The Labute approximate surface area is 217 Å². The van der Waals surface area contributed by atoms with E-state index in [9.17, 15) is 14.7 Å². The van der Waals surface area contributed by atoms with Crippen molar-refractivity contribution in [1.82, 2.24) is 49.7 Å². The molecule has 0 fully saturated rings. The summed E-state index contributed by atoms with van der Waals surface area (Å²) in [6.45, 7) is 4.88. The summed E-state index contributed by atoms with van der Waals surface area (Å²) in [6, 6.07) is 0. The number of carbonyl (C=O) groups is 2.